The quantitative estimate of drug-likeness (QED) is 0.786. The summed E-state index contributed by atoms with van der Waals surface area (Å²) in [7, 11) is 0. The monoisotopic (exact) mass is 233 g/mol. The summed E-state index contributed by atoms with van der Waals surface area (Å²) in [6.45, 7) is 11.2. The molecule has 0 aliphatic carbocycles. The summed E-state index contributed by atoms with van der Waals surface area (Å²) in [6, 6.07) is 2.02. The summed E-state index contributed by atoms with van der Waals surface area (Å²) in [6.07, 6.45) is 3.21. The molecule has 1 aliphatic rings. The molecule has 0 bridgehead atoms. The van der Waals surface area contributed by atoms with E-state index in [9.17, 15) is 0 Å². The first-order valence-corrected chi connectivity index (χ1v) is 6.64. The van der Waals surface area contributed by atoms with Crippen LogP contribution < -0.4 is 4.90 Å². The third-order valence-electron chi connectivity index (χ3n) is 3.41. The molecule has 3 heteroatoms. The first kappa shape index (κ1) is 12.3. The van der Waals surface area contributed by atoms with Crippen molar-refractivity contribution >= 4 is 5.95 Å². The molecule has 2 heterocycles. The summed E-state index contributed by atoms with van der Waals surface area (Å²) in [5.41, 5.74) is 1.14. The molecule has 0 N–H and O–H groups in total. The smallest absolute Gasteiger partial charge is 0.225 e. The van der Waals surface area contributed by atoms with Gasteiger partial charge in [-0.05, 0) is 30.2 Å². The van der Waals surface area contributed by atoms with E-state index >= 15 is 0 Å². The highest BCUT2D eigenvalue weighted by atomic mass is 15.3. The SMILES string of the molecule is CC(C)c1ccnc(N2C[C@H](C)C[C@H](C)C2)n1. The number of piperidine rings is 1. The molecule has 1 fully saturated rings. The third kappa shape index (κ3) is 2.96. The van der Waals surface area contributed by atoms with Gasteiger partial charge in [-0.25, -0.2) is 9.97 Å². The lowest BCUT2D eigenvalue weighted by Gasteiger charge is -2.35. The molecule has 0 amide bonds. The van der Waals surface area contributed by atoms with E-state index in [4.69, 9.17) is 0 Å². The largest absolute Gasteiger partial charge is 0.340 e. The van der Waals surface area contributed by atoms with Gasteiger partial charge in [0.05, 0.1) is 0 Å². The summed E-state index contributed by atoms with van der Waals surface area (Å²) < 4.78 is 0. The van der Waals surface area contributed by atoms with E-state index in [-0.39, 0.29) is 0 Å². The van der Waals surface area contributed by atoms with Crippen LogP contribution in [0.25, 0.3) is 0 Å². The predicted molar refractivity (Wildman–Crippen MR) is 71.3 cm³/mol. The fourth-order valence-electron chi connectivity index (χ4n) is 2.66. The maximum atomic E-state index is 4.68. The Balaban J connectivity index is 2.18. The van der Waals surface area contributed by atoms with Crippen molar-refractivity contribution in [2.45, 2.75) is 40.0 Å². The molecule has 1 aromatic rings. The van der Waals surface area contributed by atoms with Crippen molar-refractivity contribution in [2.75, 3.05) is 18.0 Å². The average molecular weight is 233 g/mol. The Hall–Kier alpha value is -1.12. The summed E-state index contributed by atoms with van der Waals surface area (Å²) in [5.74, 6) is 2.86. The minimum atomic E-state index is 0.469. The van der Waals surface area contributed by atoms with Gasteiger partial charge in [0, 0.05) is 25.0 Å². The van der Waals surface area contributed by atoms with Gasteiger partial charge in [0.2, 0.25) is 5.95 Å². The van der Waals surface area contributed by atoms with Crippen LogP contribution in [-0.4, -0.2) is 23.1 Å². The fourth-order valence-corrected chi connectivity index (χ4v) is 2.66. The van der Waals surface area contributed by atoms with Crippen LogP contribution in [0.1, 0.15) is 45.7 Å². The van der Waals surface area contributed by atoms with Crippen LogP contribution in [0.5, 0.6) is 0 Å². The van der Waals surface area contributed by atoms with E-state index in [2.05, 4.69) is 42.6 Å². The molecule has 2 rings (SSSR count). The number of rotatable bonds is 2. The van der Waals surface area contributed by atoms with Gasteiger partial charge >= 0.3 is 0 Å². The van der Waals surface area contributed by atoms with E-state index in [0.29, 0.717) is 5.92 Å². The Kier molecular flexibility index (Phi) is 3.65. The average Bonchev–Trinajstić information content (AvgIpc) is 2.28. The van der Waals surface area contributed by atoms with Gasteiger partial charge in [-0.3, -0.25) is 0 Å². The third-order valence-corrected chi connectivity index (χ3v) is 3.41. The highest BCUT2D eigenvalue weighted by Crippen LogP contribution is 2.24. The standard InChI is InChI=1S/C14H23N3/c1-10(2)13-5-6-15-14(16-13)17-8-11(3)7-12(4)9-17/h5-6,10-12H,7-9H2,1-4H3/t11-,12+. The zero-order valence-corrected chi connectivity index (χ0v) is 11.3. The van der Waals surface area contributed by atoms with Gasteiger partial charge in [-0.15, -0.1) is 0 Å². The van der Waals surface area contributed by atoms with Crippen molar-refractivity contribution in [1.82, 2.24) is 9.97 Å². The second-order valence-electron chi connectivity index (χ2n) is 5.79. The van der Waals surface area contributed by atoms with Crippen molar-refractivity contribution < 1.29 is 0 Å². The molecule has 3 nitrogen and oxygen atoms in total. The molecule has 0 radical (unpaired) electrons. The van der Waals surface area contributed by atoms with Crippen LogP contribution in [0.15, 0.2) is 12.3 Å². The van der Waals surface area contributed by atoms with Gasteiger partial charge in [0.15, 0.2) is 0 Å². The van der Waals surface area contributed by atoms with E-state index < -0.39 is 0 Å². The van der Waals surface area contributed by atoms with E-state index in [1.807, 2.05) is 12.3 Å². The van der Waals surface area contributed by atoms with Crippen LogP contribution in [0.4, 0.5) is 5.95 Å². The van der Waals surface area contributed by atoms with Crippen LogP contribution in [0, 0.1) is 11.8 Å². The maximum Gasteiger partial charge on any atom is 0.225 e. The van der Waals surface area contributed by atoms with Gasteiger partial charge in [0.1, 0.15) is 0 Å². The molecular formula is C14H23N3. The van der Waals surface area contributed by atoms with E-state index in [1.165, 1.54) is 6.42 Å². The molecular weight excluding hydrogens is 210 g/mol. The van der Waals surface area contributed by atoms with Crippen molar-refractivity contribution in [3.8, 4) is 0 Å². The molecule has 17 heavy (non-hydrogen) atoms. The van der Waals surface area contributed by atoms with Crippen molar-refractivity contribution in [3.05, 3.63) is 18.0 Å². The highest BCUT2D eigenvalue weighted by molar-refractivity contribution is 5.32. The van der Waals surface area contributed by atoms with Gasteiger partial charge in [-0.1, -0.05) is 27.7 Å². The lowest BCUT2D eigenvalue weighted by atomic mass is 9.92. The molecule has 94 valence electrons. The van der Waals surface area contributed by atoms with Crippen LogP contribution in [0.2, 0.25) is 0 Å². The Morgan fingerprint density at radius 1 is 1.24 bits per heavy atom. The molecule has 1 aromatic heterocycles. The van der Waals surface area contributed by atoms with Gasteiger partial charge in [-0.2, -0.15) is 0 Å². The van der Waals surface area contributed by atoms with Crippen molar-refractivity contribution in [1.29, 1.82) is 0 Å². The Bertz CT molecular complexity index is 365. The van der Waals surface area contributed by atoms with Crippen molar-refractivity contribution in [2.24, 2.45) is 11.8 Å². The normalized spacial score (nSPS) is 25.4. The summed E-state index contributed by atoms with van der Waals surface area (Å²) in [4.78, 5) is 11.4. The minimum Gasteiger partial charge on any atom is -0.340 e. The number of hydrogen-bond donors (Lipinski definition) is 0. The molecule has 1 aliphatic heterocycles. The fraction of sp³-hybridized carbons (Fsp3) is 0.714. The highest BCUT2D eigenvalue weighted by Gasteiger charge is 2.23. The van der Waals surface area contributed by atoms with E-state index in [0.717, 1.165) is 36.6 Å². The molecule has 0 saturated carbocycles. The topological polar surface area (TPSA) is 29.0 Å². The zero-order chi connectivity index (χ0) is 12.4. The zero-order valence-electron chi connectivity index (χ0n) is 11.3. The molecule has 0 unspecified atom stereocenters. The Labute approximate surface area is 104 Å². The predicted octanol–water partition coefficient (Wildman–Crippen LogP) is 3.08. The molecule has 2 atom stereocenters. The molecule has 0 spiro atoms. The second kappa shape index (κ2) is 5.03. The number of nitrogens with zero attached hydrogens (tertiary/aromatic N) is 3. The van der Waals surface area contributed by atoms with Crippen LogP contribution in [0.3, 0.4) is 0 Å². The van der Waals surface area contributed by atoms with E-state index in [1.54, 1.807) is 0 Å². The molecule has 1 saturated heterocycles. The van der Waals surface area contributed by atoms with Gasteiger partial charge < -0.3 is 4.90 Å². The summed E-state index contributed by atoms with van der Waals surface area (Å²) in [5, 5.41) is 0. The lowest BCUT2D eigenvalue weighted by molar-refractivity contribution is 0.353. The Morgan fingerprint density at radius 3 is 2.47 bits per heavy atom. The first-order valence-electron chi connectivity index (χ1n) is 6.64. The van der Waals surface area contributed by atoms with Crippen molar-refractivity contribution in [3.63, 3.8) is 0 Å². The van der Waals surface area contributed by atoms with Crippen LogP contribution >= 0.6 is 0 Å². The van der Waals surface area contributed by atoms with Gasteiger partial charge in [0.25, 0.3) is 0 Å². The number of hydrogen-bond acceptors (Lipinski definition) is 3. The lowest BCUT2D eigenvalue weighted by Crippen LogP contribution is -2.39. The number of aromatic nitrogens is 2. The maximum absolute atomic E-state index is 4.68. The first-order chi connectivity index (χ1) is 8.06. The second-order valence-corrected chi connectivity index (χ2v) is 5.79. The number of anilines is 1. The van der Waals surface area contributed by atoms with Crippen LogP contribution in [-0.2, 0) is 0 Å². The Morgan fingerprint density at radius 2 is 1.88 bits per heavy atom. The molecule has 0 aromatic carbocycles. The summed E-state index contributed by atoms with van der Waals surface area (Å²) >= 11 is 0. The minimum absolute atomic E-state index is 0.469.